The first kappa shape index (κ1) is 19.2. The molecule has 1 fully saturated rings. The second kappa shape index (κ2) is 10.7. The van der Waals surface area contributed by atoms with Crippen LogP contribution in [0, 0.1) is 5.92 Å². The molecule has 1 heterocycles. The normalized spacial score (nSPS) is 22.1. The van der Waals surface area contributed by atoms with Crippen molar-refractivity contribution >= 4 is 0 Å². The van der Waals surface area contributed by atoms with Gasteiger partial charge in [-0.2, -0.15) is 0 Å². The molecule has 0 spiro atoms. The van der Waals surface area contributed by atoms with Gasteiger partial charge in [-0.05, 0) is 39.0 Å². The van der Waals surface area contributed by atoms with E-state index in [9.17, 15) is 0 Å². The Morgan fingerprint density at radius 2 is 1.88 bits per heavy atom. The van der Waals surface area contributed by atoms with E-state index >= 15 is 0 Å². The fraction of sp³-hybridized carbons (Fsp3) is 0.636. The minimum Gasteiger partial charge on any atom is -0.343 e. The second-order valence-electron chi connectivity index (χ2n) is 8.03. The average Bonchev–Trinajstić information content (AvgIpc) is 2.57. The fourth-order valence-corrected chi connectivity index (χ4v) is 3.76. The zero-order valence-electron chi connectivity index (χ0n) is 16.1. The van der Waals surface area contributed by atoms with Gasteiger partial charge in [-0.1, -0.05) is 48.9 Å². The monoisotopic (exact) mass is 330 g/mol. The van der Waals surface area contributed by atoms with Crippen LogP contribution in [0.2, 0.25) is 0 Å². The summed E-state index contributed by atoms with van der Waals surface area (Å²) in [4.78, 5) is 1.76. The summed E-state index contributed by atoms with van der Waals surface area (Å²) in [6.07, 6.45) is 9.12. The molecule has 0 unspecified atom stereocenters. The van der Waals surface area contributed by atoms with Crippen molar-refractivity contribution in [3.05, 3.63) is 47.5 Å². The molecule has 2 nitrogen and oxygen atoms in total. The molecular weight excluding hydrogens is 292 g/mol. The smallest absolute Gasteiger partial charge is 0.103 e. The molecule has 1 aliphatic heterocycles. The van der Waals surface area contributed by atoms with Gasteiger partial charge in [-0.3, -0.25) is 0 Å². The van der Waals surface area contributed by atoms with Crippen LogP contribution in [-0.2, 0) is 6.54 Å². The fourth-order valence-electron chi connectivity index (χ4n) is 3.76. The molecule has 0 aliphatic carbocycles. The number of nitrogens with two attached hydrogens (primary N) is 1. The maximum atomic E-state index is 2.64. The van der Waals surface area contributed by atoms with Gasteiger partial charge in [0.05, 0.1) is 25.7 Å². The van der Waals surface area contributed by atoms with Gasteiger partial charge in [-0.25, -0.2) is 0 Å². The number of rotatable bonds is 9. The lowest BCUT2D eigenvalue weighted by molar-refractivity contribution is -0.926. The predicted octanol–water partition coefficient (Wildman–Crippen LogP) is 2.57. The SMILES string of the molecule is CC(C)=CCC[C@@H](C)CC[NH2+]C1CC[NH+](Cc2ccccc2)CC1. The summed E-state index contributed by atoms with van der Waals surface area (Å²) in [5.74, 6) is 0.862. The highest BCUT2D eigenvalue weighted by Gasteiger charge is 2.24. The molecule has 3 N–H and O–H groups in total. The van der Waals surface area contributed by atoms with Crippen molar-refractivity contribution in [2.45, 2.75) is 65.5 Å². The van der Waals surface area contributed by atoms with Gasteiger partial charge in [0.2, 0.25) is 0 Å². The molecule has 0 radical (unpaired) electrons. The number of nitrogens with one attached hydrogen (secondary N) is 1. The van der Waals surface area contributed by atoms with E-state index in [-0.39, 0.29) is 0 Å². The molecule has 1 aliphatic rings. The summed E-state index contributed by atoms with van der Waals surface area (Å²) >= 11 is 0. The van der Waals surface area contributed by atoms with E-state index in [1.807, 2.05) is 0 Å². The molecule has 0 bridgehead atoms. The zero-order valence-corrected chi connectivity index (χ0v) is 16.1. The first-order valence-corrected chi connectivity index (χ1v) is 9.97. The second-order valence-corrected chi connectivity index (χ2v) is 8.03. The number of hydrogen-bond acceptors (Lipinski definition) is 0. The highest BCUT2D eigenvalue weighted by molar-refractivity contribution is 5.13. The van der Waals surface area contributed by atoms with E-state index < -0.39 is 0 Å². The Labute approximate surface area is 149 Å². The highest BCUT2D eigenvalue weighted by Crippen LogP contribution is 2.10. The average molecular weight is 331 g/mol. The lowest BCUT2D eigenvalue weighted by Crippen LogP contribution is -3.13. The van der Waals surface area contributed by atoms with Gasteiger partial charge in [0.15, 0.2) is 0 Å². The van der Waals surface area contributed by atoms with Gasteiger partial charge in [-0.15, -0.1) is 0 Å². The highest BCUT2D eigenvalue weighted by atomic mass is 15.1. The maximum Gasteiger partial charge on any atom is 0.103 e. The Hall–Kier alpha value is -1.12. The summed E-state index contributed by atoms with van der Waals surface area (Å²) < 4.78 is 0. The molecule has 2 rings (SSSR count). The molecule has 1 atom stereocenters. The molecule has 0 aromatic heterocycles. The molecule has 2 heteroatoms. The maximum absolute atomic E-state index is 2.64. The predicted molar refractivity (Wildman–Crippen MR) is 103 cm³/mol. The molecule has 0 saturated carbocycles. The third-order valence-corrected chi connectivity index (χ3v) is 5.41. The zero-order chi connectivity index (χ0) is 17.2. The van der Waals surface area contributed by atoms with Crippen molar-refractivity contribution in [2.24, 2.45) is 5.92 Å². The van der Waals surface area contributed by atoms with Crippen LogP contribution in [0.15, 0.2) is 42.0 Å². The van der Waals surface area contributed by atoms with Crippen molar-refractivity contribution in [2.75, 3.05) is 19.6 Å². The van der Waals surface area contributed by atoms with Crippen LogP contribution >= 0.6 is 0 Å². The van der Waals surface area contributed by atoms with E-state index in [2.05, 4.69) is 62.5 Å². The number of allylic oxidation sites excluding steroid dienone is 2. The van der Waals surface area contributed by atoms with Crippen LogP contribution in [0.5, 0.6) is 0 Å². The van der Waals surface area contributed by atoms with Crippen LogP contribution in [0.3, 0.4) is 0 Å². The number of likely N-dealkylation sites (tertiary alicyclic amines) is 1. The van der Waals surface area contributed by atoms with Crippen LogP contribution in [0.4, 0.5) is 0 Å². The number of piperidine rings is 1. The molecule has 1 saturated heterocycles. The van der Waals surface area contributed by atoms with Crippen molar-refractivity contribution in [3.63, 3.8) is 0 Å². The molecule has 24 heavy (non-hydrogen) atoms. The third kappa shape index (κ3) is 7.63. The first-order valence-electron chi connectivity index (χ1n) is 9.97. The number of benzene rings is 1. The molecular formula is C22H38N2+2. The molecule has 0 amide bonds. The number of quaternary nitrogens is 2. The van der Waals surface area contributed by atoms with E-state index in [0.29, 0.717) is 0 Å². The van der Waals surface area contributed by atoms with Gasteiger partial charge >= 0.3 is 0 Å². The standard InChI is InChI=1S/C22H36N2/c1-19(2)8-7-9-20(3)12-15-23-22-13-16-24(17-14-22)18-21-10-5-4-6-11-21/h4-6,8,10-11,20,22-23H,7,9,12-18H2,1-3H3/p+2/t20-/m1/s1. The Kier molecular flexibility index (Phi) is 8.55. The Morgan fingerprint density at radius 1 is 1.17 bits per heavy atom. The summed E-state index contributed by atoms with van der Waals surface area (Å²) in [6.45, 7) is 12.0. The Bertz CT molecular complexity index is 468. The van der Waals surface area contributed by atoms with Crippen molar-refractivity contribution in [3.8, 4) is 0 Å². The summed E-state index contributed by atoms with van der Waals surface area (Å²) in [6, 6.07) is 11.8. The van der Waals surface area contributed by atoms with Gasteiger partial charge in [0.25, 0.3) is 0 Å². The topological polar surface area (TPSA) is 21.1 Å². The molecule has 134 valence electrons. The minimum atomic E-state index is 0.862. The van der Waals surface area contributed by atoms with Crippen molar-refractivity contribution in [1.82, 2.24) is 0 Å². The quantitative estimate of drug-likeness (QED) is 0.650. The van der Waals surface area contributed by atoms with Crippen LogP contribution < -0.4 is 10.2 Å². The van der Waals surface area contributed by atoms with Gasteiger partial charge in [0.1, 0.15) is 6.54 Å². The Morgan fingerprint density at radius 3 is 2.54 bits per heavy atom. The first-order chi connectivity index (χ1) is 11.6. The van der Waals surface area contributed by atoms with Crippen LogP contribution in [0.1, 0.15) is 58.4 Å². The third-order valence-electron chi connectivity index (χ3n) is 5.41. The largest absolute Gasteiger partial charge is 0.343 e. The lowest BCUT2D eigenvalue weighted by Gasteiger charge is -2.28. The minimum absolute atomic E-state index is 0.862. The van der Waals surface area contributed by atoms with E-state index in [1.54, 1.807) is 4.90 Å². The van der Waals surface area contributed by atoms with Gasteiger partial charge < -0.3 is 10.2 Å². The van der Waals surface area contributed by atoms with Crippen LogP contribution in [0.25, 0.3) is 0 Å². The van der Waals surface area contributed by atoms with Gasteiger partial charge in [0, 0.05) is 18.4 Å². The Balaban J connectivity index is 1.55. The summed E-state index contributed by atoms with van der Waals surface area (Å²) in [5.41, 5.74) is 2.94. The van der Waals surface area contributed by atoms with E-state index in [0.717, 1.165) is 12.0 Å². The van der Waals surface area contributed by atoms with E-state index in [4.69, 9.17) is 0 Å². The molecule has 1 aromatic carbocycles. The summed E-state index contributed by atoms with van der Waals surface area (Å²) in [5, 5.41) is 2.64. The van der Waals surface area contributed by atoms with Crippen LogP contribution in [-0.4, -0.2) is 25.7 Å². The van der Waals surface area contributed by atoms with E-state index in [1.165, 1.54) is 69.4 Å². The van der Waals surface area contributed by atoms with Crippen molar-refractivity contribution < 1.29 is 10.2 Å². The number of hydrogen-bond donors (Lipinski definition) is 2. The molecule has 1 aromatic rings. The lowest BCUT2D eigenvalue weighted by atomic mass is 9.99. The van der Waals surface area contributed by atoms with Crippen molar-refractivity contribution in [1.29, 1.82) is 0 Å². The summed E-state index contributed by atoms with van der Waals surface area (Å²) in [7, 11) is 0.